The summed E-state index contributed by atoms with van der Waals surface area (Å²) in [7, 11) is 4.11. The Kier molecular flexibility index (Phi) is 5.29. The van der Waals surface area contributed by atoms with Gasteiger partial charge in [0.1, 0.15) is 5.82 Å². The third-order valence-corrected chi connectivity index (χ3v) is 3.64. The van der Waals surface area contributed by atoms with Gasteiger partial charge in [-0.25, -0.2) is 4.39 Å². The number of nitrogens with one attached hydrogen (secondary N) is 1. The molecule has 3 heteroatoms. The molecule has 0 bridgehead atoms. The molecule has 2 nitrogen and oxygen atoms in total. The minimum absolute atomic E-state index is 0.0804. The molecule has 0 saturated heterocycles. The van der Waals surface area contributed by atoms with E-state index in [1.807, 2.05) is 6.07 Å². The van der Waals surface area contributed by atoms with E-state index in [0.29, 0.717) is 0 Å². The maximum Gasteiger partial charge on any atom is 0.123 e. The molecule has 1 unspecified atom stereocenters. The highest BCUT2D eigenvalue weighted by Gasteiger charge is 2.32. The topological polar surface area (TPSA) is 15.3 Å². The molecule has 1 N–H and O–H groups in total. The van der Waals surface area contributed by atoms with Gasteiger partial charge in [-0.1, -0.05) is 19.1 Å². The van der Waals surface area contributed by atoms with Gasteiger partial charge in [0.2, 0.25) is 0 Å². The van der Waals surface area contributed by atoms with Crippen LogP contribution >= 0.6 is 0 Å². The van der Waals surface area contributed by atoms with Crippen molar-refractivity contribution in [3.8, 4) is 0 Å². The fraction of sp³-hybridized carbons (Fsp3) is 0.600. The summed E-state index contributed by atoms with van der Waals surface area (Å²) >= 11 is 0. The molecule has 0 radical (unpaired) electrons. The van der Waals surface area contributed by atoms with E-state index in [1.165, 1.54) is 6.07 Å². The van der Waals surface area contributed by atoms with Gasteiger partial charge in [-0.2, -0.15) is 0 Å². The van der Waals surface area contributed by atoms with Crippen molar-refractivity contribution >= 4 is 0 Å². The summed E-state index contributed by atoms with van der Waals surface area (Å²) in [5.41, 5.74) is 0.922. The summed E-state index contributed by atoms with van der Waals surface area (Å²) in [5, 5.41) is 3.53. The summed E-state index contributed by atoms with van der Waals surface area (Å²) in [5.74, 6) is -0.176. The van der Waals surface area contributed by atoms with Crippen molar-refractivity contribution in [2.75, 3.05) is 20.6 Å². The lowest BCUT2D eigenvalue weighted by atomic mass is 9.87. The first kappa shape index (κ1) is 15.1. The molecule has 1 rings (SSSR count). The largest absolute Gasteiger partial charge is 0.308 e. The Morgan fingerprint density at radius 2 is 2.00 bits per heavy atom. The average molecular weight is 252 g/mol. The van der Waals surface area contributed by atoms with Gasteiger partial charge in [-0.15, -0.1) is 0 Å². The van der Waals surface area contributed by atoms with Gasteiger partial charge in [0.25, 0.3) is 0 Å². The molecule has 0 fully saturated rings. The minimum atomic E-state index is -0.176. The standard InChI is InChI=1S/C15H25FN2/c1-6-10-17-14(15(2,3)18(4)5)12-8-7-9-13(16)11-12/h7-9,11,14,17H,6,10H2,1-5H3. The summed E-state index contributed by atoms with van der Waals surface area (Å²) in [6.45, 7) is 7.41. The predicted molar refractivity (Wildman–Crippen MR) is 75.2 cm³/mol. The Balaban J connectivity index is 3.05. The monoisotopic (exact) mass is 252 g/mol. The van der Waals surface area contributed by atoms with Crippen LogP contribution in [0.5, 0.6) is 0 Å². The highest BCUT2D eigenvalue weighted by molar-refractivity contribution is 5.23. The molecule has 0 amide bonds. The van der Waals surface area contributed by atoms with E-state index in [9.17, 15) is 4.39 Å². The van der Waals surface area contributed by atoms with Crippen molar-refractivity contribution in [1.82, 2.24) is 10.2 Å². The van der Waals surface area contributed by atoms with Crippen LogP contribution < -0.4 is 5.32 Å². The highest BCUT2D eigenvalue weighted by atomic mass is 19.1. The number of hydrogen-bond acceptors (Lipinski definition) is 2. The van der Waals surface area contributed by atoms with Crippen LogP contribution in [0.3, 0.4) is 0 Å². The van der Waals surface area contributed by atoms with Crippen molar-refractivity contribution in [3.63, 3.8) is 0 Å². The first-order valence-corrected chi connectivity index (χ1v) is 6.56. The average Bonchev–Trinajstić information content (AvgIpc) is 2.29. The fourth-order valence-corrected chi connectivity index (χ4v) is 2.01. The molecule has 0 heterocycles. The Bertz CT molecular complexity index is 375. The van der Waals surface area contributed by atoms with Gasteiger partial charge in [-0.3, -0.25) is 0 Å². The van der Waals surface area contributed by atoms with Crippen LogP contribution in [0.2, 0.25) is 0 Å². The number of benzene rings is 1. The Labute approximate surface area is 110 Å². The summed E-state index contributed by atoms with van der Waals surface area (Å²) in [6.07, 6.45) is 1.06. The minimum Gasteiger partial charge on any atom is -0.308 e. The van der Waals surface area contributed by atoms with Crippen molar-refractivity contribution in [2.24, 2.45) is 0 Å². The smallest absolute Gasteiger partial charge is 0.123 e. The van der Waals surface area contributed by atoms with Crippen LogP contribution in [0.1, 0.15) is 38.8 Å². The lowest BCUT2D eigenvalue weighted by molar-refractivity contribution is 0.138. The van der Waals surface area contributed by atoms with E-state index in [0.717, 1.165) is 18.5 Å². The zero-order chi connectivity index (χ0) is 13.8. The lowest BCUT2D eigenvalue weighted by Crippen LogP contribution is -2.49. The van der Waals surface area contributed by atoms with Crippen molar-refractivity contribution in [1.29, 1.82) is 0 Å². The van der Waals surface area contributed by atoms with Crippen LogP contribution in [-0.4, -0.2) is 31.1 Å². The molecule has 102 valence electrons. The number of rotatable bonds is 6. The maximum absolute atomic E-state index is 13.4. The molecule has 0 saturated carbocycles. The number of nitrogens with zero attached hydrogens (tertiary/aromatic N) is 1. The van der Waals surface area contributed by atoms with E-state index < -0.39 is 0 Å². The summed E-state index contributed by atoms with van der Waals surface area (Å²) in [6, 6.07) is 6.99. The van der Waals surface area contributed by atoms with E-state index in [4.69, 9.17) is 0 Å². The van der Waals surface area contributed by atoms with Crippen LogP contribution in [0, 0.1) is 5.82 Å². The summed E-state index contributed by atoms with van der Waals surface area (Å²) in [4.78, 5) is 2.17. The molecule has 0 aliphatic rings. The van der Waals surface area contributed by atoms with E-state index in [2.05, 4.69) is 45.1 Å². The van der Waals surface area contributed by atoms with Gasteiger partial charge >= 0.3 is 0 Å². The second-order valence-electron chi connectivity index (χ2n) is 5.49. The molecule has 0 aliphatic heterocycles. The molecule has 18 heavy (non-hydrogen) atoms. The quantitative estimate of drug-likeness (QED) is 0.836. The zero-order valence-electron chi connectivity index (χ0n) is 12.1. The van der Waals surface area contributed by atoms with Gasteiger partial charge in [-0.05, 0) is 58.6 Å². The van der Waals surface area contributed by atoms with Crippen LogP contribution in [-0.2, 0) is 0 Å². The van der Waals surface area contributed by atoms with Crippen LogP contribution in [0.25, 0.3) is 0 Å². The first-order valence-electron chi connectivity index (χ1n) is 6.56. The van der Waals surface area contributed by atoms with Crippen molar-refractivity contribution in [2.45, 2.75) is 38.8 Å². The third kappa shape index (κ3) is 3.53. The highest BCUT2D eigenvalue weighted by Crippen LogP contribution is 2.29. The summed E-state index contributed by atoms with van der Waals surface area (Å²) < 4.78 is 13.4. The molecule has 0 aromatic heterocycles. The molecular formula is C15H25FN2. The Morgan fingerprint density at radius 3 is 2.50 bits per heavy atom. The molecule has 1 atom stereocenters. The molecular weight excluding hydrogens is 227 g/mol. The Morgan fingerprint density at radius 1 is 1.33 bits per heavy atom. The number of likely N-dealkylation sites (N-methyl/N-ethyl adjacent to an activating group) is 1. The van der Waals surface area contributed by atoms with E-state index in [1.54, 1.807) is 12.1 Å². The normalized spacial score (nSPS) is 13.9. The Hall–Kier alpha value is -0.930. The van der Waals surface area contributed by atoms with Gasteiger partial charge in [0.05, 0.1) is 6.04 Å². The molecule has 1 aromatic rings. The van der Waals surface area contributed by atoms with Gasteiger partial charge < -0.3 is 10.2 Å². The maximum atomic E-state index is 13.4. The molecule has 0 spiro atoms. The number of hydrogen-bond donors (Lipinski definition) is 1. The van der Waals surface area contributed by atoms with Crippen molar-refractivity contribution in [3.05, 3.63) is 35.6 Å². The lowest BCUT2D eigenvalue weighted by Gasteiger charge is -2.41. The third-order valence-electron chi connectivity index (χ3n) is 3.64. The van der Waals surface area contributed by atoms with E-state index >= 15 is 0 Å². The van der Waals surface area contributed by atoms with E-state index in [-0.39, 0.29) is 17.4 Å². The SMILES string of the molecule is CCCNC(c1cccc(F)c1)C(C)(C)N(C)C. The van der Waals surface area contributed by atoms with Crippen molar-refractivity contribution < 1.29 is 4.39 Å². The molecule has 0 aliphatic carbocycles. The second kappa shape index (κ2) is 6.30. The van der Waals surface area contributed by atoms with Gasteiger partial charge in [0.15, 0.2) is 0 Å². The van der Waals surface area contributed by atoms with Crippen LogP contribution in [0.15, 0.2) is 24.3 Å². The molecule has 1 aromatic carbocycles. The first-order chi connectivity index (χ1) is 8.39. The van der Waals surface area contributed by atoms with Crippen LogP contribution in [0.4, 0.5) is 4.39 Å². The van der Waals surface area contributed by atoms with Gasteiger partial charge in [0, 0.05) is 5.54 Å². The predicted octanol–water partition coefficient (Wildman–Crippen LogP) is 3.21. The zero-order valence-corrected chi connectivity index (χ0v) is 12.1. The second-order valence-corrected chi connectivity index (χ2v) is 5.49. The fourth-order valence-electron chi connectivity index (χ4n) is 2.01. The number of halogens is 1.